The molecular formula is C14H19N3O2S. The van der Waals surface area contributed by atoms with E-state index in [0.29, 0.717) is 21.8 Å². The molecule has 1 fully saturated rings. The Labute approximate surface area is 118 Å². The smallest absolute Gasteiger partial charge is 0.177 e. The first-order valence-electron chi connectivity index (χ1n) is 6.82. The van der Waals surface area contributed by atoms with Crippen LogP contribution >= 0.6 is 0 Å². The minimum Gasteiger partial charge on any atom is -0.325 e. The second-order valence-corrected chi connectivity index (χ2v) is 7.69. The molecule has 1 aliphatic rings. The number of fused-ring (bicyclic) bond motifs is 1. The van der Waals surface area contributed by atoms with Crippen LogP contribution in [-0.4, -0.2) is 24.2 Å². The zero-order valence-corrected chi connectivity index (χ0v) is 12.5. The number of para-hydroxylation sites is 1. The summed E-state index contributed by atoms with van der Waals surface area (Å²) in [6.45, 7) is 2.69. The van der Waals surface area contributed by atoms with Gasteiger partial charge < -0.3 is 10.3 Å². The van der Waals surface area contributed by atoms with E-state index in [1.807, 2.05) is 17.6 Å². The molecule has 3 rings (SSSR count). The van der Waals surface area contributed by atoms with Crippen LogP contribution in [0.25, 0.3) is 11.0 Å². The number of hydrogen-bond acceptors (Lipinski definition) is 4. The van der Waals surface area contributed by atoms with Gasteiger partial charge in [0.25, 0.3) is 0 Å². The Morgan fingerprint density at radius 1 is 1.45 bits per heavy atom. The topological polar surface area (TPSA) is 78.0 Å². The quantitative estimate of drug-likeness (QED) is 0.933. The molecule has 0 amide bonds. The number of imidazole rings is 1. The predicted molar refractivity (Wildman–Crippen MR) is 78.2 cm³/mol. The van der Waals surface area contributed by atoms with Gasteiger partial charge in [-0.1, -0.05) is 6.07 Å². The fraction of sp³-hybridized carbons (Fsp3) is 0.500. The van der Waals surface area contributed by atoms with Crippen molar-refractivity contribution in [2.45, 2.75) is 37.2 Å². The Kier molecular flexibility index (Phi) is 3.10. The fourth-order valence-electron chi connectivity index (χ4n) is 2.56. The second kappa shape index (κ2) is 4.56. The monoisotopic (exact) mass is 293 g/mol. The van der Waals surface area contributed by atoms with Crippen LogP contribution in [0.4, 0.5) is 0 Å². The fourth-order valence-corrected chi connectivity index (χ4v) is 3.45. The van der Waals surface area contributed by atoms with Crippen LogP contribution in [0.3, 0.4) is 0 Å². The minimum absolute atomic E-state index is 0.214. The van der Waals surface area contributed by atoms with Gasteiger partial charge in [-0.2, -0.15) is 0 Å². The molecule has 1 atom stereocenters. The van der Waals surface area contributed by atoms with Gasteiger partial charge in [0.15, 0.2) is 9.84 Å². The largest absolute Gasteiger partial charge is 0.325 e. The van der Waals surface area contributed by atoms with Gasteiger partial charge in [-0.15, -0.1) is 0 Å². The Morgan fingerprint density at radius 2 is 2.15 bits per heavy atom. The van der Waals surface area contributed by atoms with Crippen LogP contribution < -0.4 is 5.73 Å². The van der Waals surface area contributed by atoms with E-state index in [-0.39, 0.29) is 6.04 Å². The Hall–Kier alpha value is -1.40. The van der Waals surface area contributed by atoms with Crippen molar-refractivity contribution in [1.29, 1.82) is 0 Å². The first kappa shape index (κ1) is 13.6. The van der Waals surface area contributed by atoms with Crippen molar-refractivity contribution in [2.75, 3.05) is 6.26 Å². The van der Waals surface area contributed by atoms with Crippen LogP contribution in [0.5, 0.6) is 0 Å². The van der Waals surface area contributed by atoms with E-state index in [9.17, 15) is 8.42 Å². The van der Waals surface area contributed by atoms with Crippen molar-refractivity contribution in [1.82, 2.24) is 9.55 Å². The van der Waals surface area contributed by atoms with Crippen LogP contribution in [-0.2, 0) is 16.4 Å². The van der Waals surface area contributed by atoms with Gasteiger partial charge in [-0.25, -0.2) is 13.4 Å². The maximum absolute atomic E-state index is 12.0. The Bertz CT molecular complexity index is 758. The summed E-state index contributed by atoms with van der Waals surface area (Å²) < 4.78 is 26.0. The number of nitrogens with zero attached hydrogens (tertiary/aromatic N) is 2. The lowest BCUT2D eigenvalue weighted by Gasteiger charge is -2.12. The highest BCUT2D eigenvalue weighted by molar-refractivity contribution is 7.91. The van der Waals surface area contributed by atoms with E-state index in [4.69, 9.17) is 5.73 Å². The lowest BCUT2D eigenvalue weighted by Crippen LogP contribution is -2.15. The molecule has 1 aliphatic carbocycles. The highest BCUT2D eigenvalue weighted by Crippen LogP contribution is 2.34. The summed E-state index contributed by atoms with van der Waals surface area (Å²) in [4.78, 5) is 4.88. The summed E-state index contributed by atoms with van der Waals surface area (Å²) in [5.41, 5.74) is 7.41. The van der Waals surface area contributed by atoms with Gasteiger partial charge in [0.2, 0.25) is 0 Å². The molecule has 108 valence electrons. The normalized spacial score (nSPS) is 17.6. The molecule has 0 saturated heterocycles. The summed E-state index contributed by atoms with van der Waals surface area (Å²) in [7, 11) is -3.28. The van der Waals surface area contributed by atoms with E-state index in [1.54, 1.807) is 12.1 Å². The maximum Gasteiger partial charge on any atom is 0.177 e. The molecule has 1 aromatic carbocycles. The zero-order valence-electron chi connectivity index (χ0n) is 11.7. The van der Waals surface area contributed by atoms with E-state index in [0.717, 1.165) is 12.4 Å². The highest BCUT2D eigenvalue weighted by Gasteiger charge is 2.27. The van der Waals surface area contributed by atoms with Crippen LogP contribution in [0, 0.1) is 5.92 Å². The molecular weight excluding hydrogens is 274 g/mol. The zero-order chi connectivity index (χ0) is 14.5. The average molecular weight is 293 g/mol. The first-order chi connectivity index (χ1) is 9.38. The van der Waals surface area contributed by atoms with Crippen LogP contribution in [0.15, 0.2) is 23.1 Å². The molecule has 20 heavy (non-hydrogen) atoms. The van der Waals surface area contributed by atoms with Gasteiger partial charge in [0.05, 0.1) is 22.0 Å². The molecule has 5 nitrogen and oxygen atoms in total. The first-order valence-corrected chi connectivity index (χ1v) is 8.72. The number of rotatable bonds is 4. The molecule has 1 unspecified atom stereocenters. The molecule has 0 aliphatic heterocycles. The van der Waals surface area contributed by atoms with Crippen molar-refractivity contribution >= 4 is 20.9 Å². The summed E-state index contributed by atoms with van der Waals surface area (Å²) >= 11 is 0. The van der Waals surface area contributed by atoms with Gasteiger partial charge in [0.1, 0.15) is 5.82 Å². The van der Waals surface area contributed by atoms with Crippen molar-refractivity contribution in [3.05, 3.63) is 24.0 Å². The number of sulfone groups is 1. The van der Waals surface area contributed by atoms with Crippen molar-refractivity contribution in [2.24, 2.45) is 11.7 Å². The molecule has 0 spiro atoms. The average Bonchev–Trinajstić information content (AvgIpc) is 3.08. The van der Waals surface area contributed by atoms with E-state index in [1.165, 1.54) is 19.1 Å². The third-order valence-electron chi connectivity index (χ3n) is 3.70. The molecule has 0 bridgehead atoms. The predicted octanol–water partition coefficient (Wildman–Crippen LogP) is 1.87. The lowest BCUT2D eigenvalue weighted by molar-refractivity contribution is 0.576. The summed E-state index contributed by atoms with van der Waals surface area (Å²) in [5.74, 6) is 1.39. The van der Waals surface area contributed by atoms with E-state index < -0.39 is 9.84 Å². The van der Waals surface area contributed by atoms with Crippen molar-refractivity contribution in [3.8, 4) is 0 Å². The molecule has 1 saturated carbocycles. The van der Waals surface area contributed by atoms with Gasteiger partial charge in [0, 0.05) is 12.8 Å². The van der Waals surface area contributed by atoms with Crippen molar-refractivity contribution in [3.63, 3.8) is 0 Å². The molecule has 2 aromatic rings. The maximum atomic E-state index is 12.0. The number of benzene rings is 1. The Balaban J connectivity index is 2.31. The van der Waals surface area contributed by atoms with Gasteiger partial charge >= 0.3 is 0 Å². The summed E-state index contributed by atoms with van der Waals surface area (Å²) in [6.07, 6.45) is 3.63. The van der Waals surface area contributed by atoms with Gasteiger partial charge in [-0.3, -0.25) is 0 Å². The molecule has 0 radical (unpaired) electrons. The van der Waals surface area contributed by atoms with Gasteiger partial charge in [-0.05, 0) is 37.8 Å². The molecule has 2 N–H and O–H groups in total. The summed E-state index contributed by atoms with van der Waals surface area (Å²) in [6, 6.07) is 5.01. The SMILES string of the molecule is CC(N)c1nc2cccc(S(C)(=O)=O)c2n1CC1CC1. The second-order valence-electron chi connectivity index (χ2n) is 5.71. The summed E-state index contributed by atoms with van der Waals surface area (Å²) in [5, 5.41) is 0. The van der Waals surface area contributed by atoms with Crippen molar-refractivity contribution < 1.29 is 8.42 Å². The third-order valence-corrected chi connectivity index (χ3v) is 4.83. The standard InChI is InChI=1S/C14H19N3O2S/c1-9(15)14-16-11-4-3-5-12(20(2,18)19)13(11)17(14)8-10-6-7-10/h3-5,9-10H,6-8,15H2,1-2H3. The molecule has 1 heterocycles. The van der Waals surface area contributed by atoms with E-state index >= 15 is 0 Å². The molecule has 1 aromatic heterocycles. The molecule has 6 heteroatoms. The minimum atomic E-state index is -3.28. The van der Waals surface area contributed by atoms with E-state index in [2.05, 4.69) is 4.98 Å². The number of hydrogen-bond donors (Lipinski definition) is 1. The lowest BCUT2D eigenvalue weighted by atomic mass is 10.3. The van der Waals surface area contributed by atoms with Crippen LogP contribution in [0.1, 0.15) is 31.6 Å². The Morgan fingerprint density at radius 3 is 2.70 bits per heavy atom. The highest BCUT2D eigenvalue weighted by atomic mass is 32.2. The third kappa shape index (κ3) is 2.33. The van der Waals surface area contributed by atoms with Crippen LogP contribution in [0.2, 0.25) is 0 Å². The number of aromatic nitrogens is 2. The number of nitrogens with two attached hydrogens (primary N) is 1.